The van der Waals surface area contributed by atoms with Crippen molar-refractivity contribution in [3.05, 3.63) is 94.8 Å². The zero-order valence-corrected chi connectivity index (χ0v) is 24.8. The number of benzene rings is 3. The van der Waals surface area contributed by atoms with Crippen LogP contribution in [0, 0.1) is 12.7 Å². The summed E-state index contributed by atoms with van der Waals surface area (Å²) in [5.41, 5.74) is 1.87. The first-order valence-electron chi connectivity index (χ1n) is 13.7. The molecule has 0 unspecified atom stereocenters. The normalized spacial score (nSPS) is 14.7. The van der Waals surface area contributed by atoms with Crippen LogP contribution in [0.4, 0.5) is 10.1 Å². The predicted molar refractivity (Wildman–Crippen MR) is 159 cm³/mol. The molecule has 1 N–H and O–H groups in total. The van der Waals surface area contributed by atoms with Crippen molar-refractivity contribution in [2.45, 2.75) is 69.5 Å². The van der Waals surface area contributed by atoms with Crippen molar-refractivity contribution in [1.82, 2.24) is 10.2 Å². The first kappa shape index (κ1) is 30.5. The number of carbonyl (C=O) groups excluding carboxylic acids is 2. The highest BCUT2D eigenvalue weighted by molar-refractivity contribution is 7.92. The number of sulfonamides is 1. The molecule has 0 bridgehead atoms. The Kier molecular flexibility index (Phi) is 10.0. The van der Waals surface area contributed by atoms with Crippen LogP contribution in [0.5, 0.6) is 0 Å². The van der Waals surface area contributed by atoms with Gasteiger partial charge in [-0.05, 0) is 62.6 Å². The van der Waals surface area contributed by atoms with E-state index in [1.165, 1.54) is 29.2 Å². The maximum absolute atomic E-state index is 14.0. The Hall–Kier alpha value is -3.43. The van der Waals surface area contributed by atoms with Gasteiger partial charge in [-0.2, -0.15) is 0 Å². The second-order valence-corrected chi connectivity index (χ2v) is 12.7. The van der Waals surface area contributed by atoms with Gasteiger partial charge in [-0.1, -0.05) is 78.9 Å². The van der Waals surface area contributed by atoms with Gasteiger partial charge in [0, 0.05) is 12.6 Å². The molecule has 1 saturated carbocycles. The zero-order valence-electron chi connectivity index (χ0n) is 23.2. The minimum atomic E-state index is -4.26. The van der Waals surface area contributed by atoms with Crippen molar-refractivity contribution in [1.29, 1.82) is 0 Å². The summed E-state index contributed by atoms with van der Waals surface area (Å²) in [4.78, 5) is 28.7. The molecule has 0 heterocycles. The van der Waals surface area contributed by atoms with E-state index in [0.717, 1.165) is 53.6 Å². The number of amides is 2. The van der Waals surface area contributed by atoms with Crippen LogP contribution in [0.15, 0.2) is 77.7 Å². The van der Waals surface area contributed by atoms with Crippen LogP contribution in [-0.4, -0.2) is 43.8 Å². The number of nitrogens with zero attached hydrogens (tertiary/aromatic N) is 2. The molecule has 4 rings (SSSR count). The molecule has 41 heavy (non-hydrogen) atoms. The molecule has 7 nitrogen and oxygen atoms in total. The van der Waals surface area contributed by atoms with Gasteiger partial charge in [-0.25, -0.2) is 12.8 Å². The molecule has 1 fully saturated rings. The van der Waals surface area contributed by atoms with Gasteiger partial charge in [0.2, 0.25) is 11.8 Å². The third-order valence-electron chi connectivity index (χ3n) is 7.39. The van der Waals surface area contributed by atoms with E-state index in [1.54, 1.807) is 25.1 Å². The van der Waals surface area contributed by atoms with E-state index in [-0.39, 0.29) is 34.1 Å². The summed E-state index contributed by atoms with van der Waals surface area (Å²) < 4.78 is 42.5. The molecule has 0 spiro atoms. The Morgan fingerprint density at radius 2 is 1.66 bits per heavy atom. The van der Waals surface area contributed by atoms with Gasteiger partial charge in [-0.3, -0.25) is 13.9 Å². The van der Waals surface area contributed by atoms with E-state index in [4.69, 9.17) is 11.6 Å². The fourth-order valence-electron chi connectivity index (χ4n) is 4.93. The van der Waals surface area contributed by atoms with Crippen molar-refractivity contribution >= 4 is 39.1 Å². The number of halogens is 2. The Balaban J connectivity index is 1.68. The lowest BCUT2D eigenvalue weighted by Gasteiger charge is -2.33. The highest BCUT2D eigenvalue weighted by Gasteiger charge is 2.33. The smallest absolute Gasteiger partial charge is 0.264 e. The van der Waals surface area contributed by atoms with E-state index in [2.05, 4.69) is 5.32 Å². The maximum atomic E-state index is 14.0. The lowest BCUT2D eigenvalue weighted by Crippen LogP contribution is -2.53. The molecule has 0 radical (unpaired) electrons. The van der Waals surface area contributed by atoms with Gasteiger partial charge in [0.25, 0.3) is 10.0 Å². The Morgan fingerprint density at radius 3 is 2.29 bits per heavy atom. The zero-order chi connectivity index (χ0) is 29.6. The van der Waals surface area contributed by atoms with Gasteiger partial charge in [0.05, 0.1) is 15.6 Å². The molecule has 218 valence electrons. The van der Waals surface area contributed by atoms with Crippen molar-refractivity contribution in [3.63, 3.8) is 0 Å². The summed E-state index contributed by atoms with van der Waals surface area (Å²) in [6.07, 6.45) is 4.99. The van der Waals surface area contributed by atoms with E-state index < -0.39 is 34.3 Å². The first-order chi connectivity index (χ1) is 19.6. The van der Waals surface area contributed by atoms with Gasteiger partial charge in [0.15, 0.2) is 0 Å². The maximum Gasteiger partial charge on any atom is 0.264 e. The van der Waals surface area contributed by atoms with Crippen LogP contribution in [0.2, 0.25) is 5.02 Å². The third kappa shape index (κ3) is 7.65. The number of hydrogen-bond acceptors (Lipinski definition) is 4. The van der Waals surface area contributed by atoms with Crippen molar-refractivity contribution in [2.24, 2.45) is 0 Å². The number of anilines is 1. The lowest BCUT2D eigenvalue weighted by molar-refractivity contribution is -0.139. The molecule has 3 aromatic carbocycles. The fourth-order valence-corrected chi connectivity index (χ4v) is 6.53. The Bertz CT molecular complexity index is 1460. The lowest BCUT2D eigenvalue weighted by atomic mass is 9.95. The minimum Gasteiger partial charge on any atom is -0.352 e. The summed E-state index contributed by atoms with van der Waals surface area (Å²) in [6, 6.07) is 17.9. The molecule has 2 amide bonds. The largest absolute Gasteiger partial charge is 0.352 e. The summed E-state index contributed by atoms with van der Waals surface area (Å²) in [5, 5.41) is 2.80. The Morgan fingerprint density at radius 1 is 1.00 bits per heavy atom. The number of carbonyl (C=O) groups is 2. The second kappa shape index (κ2) is 13.5. The Labute approximate surface area is 246 Å². The average molecular weight is 600 g/mol. The fraction of sp³-hybridized carbons (Fsp3) is 0.355. The topological polar surface area (TPSA) is 86.8 Å². The predicted octanol–water partition coefficient (Wildman–Crippen LogP) is 5.85. The van der Waals surface area contributed by atoms with E-state index >= 15 is 0 Å². The van der Waals surface area contributed by atoms with Crippen LogP contribution in [0.1, 0.15) is 50.2 Å². The summed E-state index contributed by atoms with van der Waals surface area (Å²) in [6.45, 7) is 3.08. The SMILES string of the molecule is Cc1ccc(CN(C(=O)CN(c2ccc(F)c(Cl)c2)S(=O)(=O)c2ccccc2)[C@@H](C)C(=O)NC2CCCCC2)cc1. The standard InChI is InChI=1S/C31H35ClFN3O4S/c1-22-13-15-24(16-14-22)20-35(23(2)31(38)34-25-9-5-3-6-10-25)30(37)21-36(26-17-18-29(33)28(32)19-26)41(39,40)27-11-7-4-8-12-27/h4,7-8,11-19,23,25H,3,5-6,9-10,20-21H2,1-2H3,(H,34,38)/t23-/m0/s1. The van der Waals surface area contributed by atoms with Gasteiger partial charge in [-0.15, -0.1) is 0 Å². The highest BCUT2D eigenvalue weighted by Crippen LogP contribution is 2.28. The summed E-state index contributed by atoms with van der Waals surface area (Å²) in [7, 11) is -4.26. The number of rotatable bonds is 10. The van der Waals surface area contributed by atoms with Crippen LogP contribution in [0.3, 0.4) is 0 Å². The van der Waals surface area contributed by atoms with Crippen molar-refractivity contribution in [3.8, 4) is 0 Å². The van der Waals surface area contributed by atoms with Crippen LogP contribution in [-0.2, 0) is 26.2 Å². The summed E-state index contributed by atoms with van der Waals surface area (Å²) >= 11 is 6.01. The molecule has 3 aromatic rings. The quantitative estimate of drug-likeness (QED) is 0.317. The number of hydrogen-bond donors (Lipinski definition) is 1. The molecule has 0 aromatic heterocycles. The monoisotopic (exact) mass is 599 g/mol. The molecule has 1 aliphatic rings. The average Bonchev–Trinajstić information content (AvgIpc) is 2.97. The van der Waals surface area contributed by atoms with E-state index in [0.29, 0.717) is 0 Å². The molecular formula is C31H35ClFN3O4S. The van der Waals surface area contributed by atoms with Crippen molar-refractivity contribution in [2.75, 3.05) is 10.8 Å². The number of nitrogens with one attached hydrogen (secondary N) is 1. The summed E-state index contributed by atoms with van der Waals surface area (Å²) in [5.74, 6) is -1.59. The third-order valence-corrected chi connectivity index (χ3v) is 9.47. The highest BCUT2D eigenvalue weighted by atomic mass is 35.5. The van der Waals surface area contributed by atoms with Gasteiger partial charge in [0.1, 0.15) is 18.4 Å². The molecule has 0 saturated heterocycles. The second-order valence-electron chi connectivity index (χ2n) is 10.4. The molecule has 1 aliphatic carbocycles. The van der Waals surface area contributed by atoms with Crippen LogP contribution >= 0.6 is 11.6 Å². The molecule has 0 aliphatic heterocycles. The number of aryl methyl sites for hydroxylation is 1. The van der Waals surface area contributed by atoms with Crippen molar-refractivity contribution < 1.29 is 22.4 Å². The van der Waals surface area contributed by atoms with Gasteiger partial charge < -0.3 is 10.2 Å². The van der Waals surface area contributed by atoms with E-state index in [9.17, 15) is 22.4 Å². The van der Waals surface area contributed by atoms with Crippen LogP contribution < -0.4 is 9.62 Å². The first-order valence-corrected chi connectivity index (χ1v) is 15.6. The van der Waals surface area contributed by atoms with Gasteiger partial charge >= 0.3 is 0 Å². The molecule has 10 heteroatoms. The van der Waals surface area contributed by atoms with E-state index in [1.807, 2.05) is 31.2 Å². The minimum absolute atomic E-state index is 0.0307. The molecular weight excluding hydrogens is 565 g/mol. The molecule has 1 atom stereocenters. The van der Waals surface area contributed by atoms with Crippen LogP contribution in [0.25, 0.3) is 0 Å².